The summed E-state index contributed by atoms with van der Waals surface area (Å²) in [5.74, 6) is 0.378. The number of carbonyl (C=O) groups excluding carboxylic acids is 1. The van der Waals surface area contributed by atoms with Gasteiger partial charge in [0.1, 0.15) is 5.76 Å². The molecule has 0 atom stereocenters. The van der Waals surface area contributed by atoms with Gasteiger partial charge in [0, 0.05) is 18.2 Å². The Kier molecular flexibility index (Phi) is 6.20. The Hall–Kier alpha value is -1.07. The van der Waals surface area contributed by atoms with E-state index in [1.807, 2.05) is 13.8 Å². The van der Waals surface area contributed by atoms with Gasteiger partial charge in [-0.05, 0) is 19.8 Å². The molecule has 0 aromatic carbocycles. The summed E-state index contributed by atoms with van der Waals surface area (Å²) in [7, 11) is 0. The highest BCUT2D eigenvalue weighted by Crippen LogP contribution is 2.10. The molecule has 0 spiro atoms. The average molecular weight is 262 g/mol. The third-order valence-corrected chi connectivity index (χ3v) is 2.87. The van der Waals surface area contributed by atoms with E-state index in [0.29, 0.717) is 18.0 Å². The van der Waals surface area contributed by atoms with Gasteiger partial charge < -0.3 is 15.6 Å². The molecule has 0 aliphatic heterocycles. The number of aromatic nitrogens is 1. The van der Waals surface area contributed by atoms with Crippen LogP contribution in [0, 0.1) is 6.92 Å². The van der Waals surface area contributed by atoms with Crippen LogP contribution in [0.3, 0.4) is 0 Å². The SMILES string of the molecule is CCC(N)(CC)CNC(=O)c1cc(C)on1.Cl. The zero-order valence-corrected chi connectivity index (χ0v) is 11.3. The van der Waals surface area contributed by atoms with E-state index >= 15 is 0 Å². The zero-order valence-electron chi connectivity index (χ0n) is 10.4. The van der Waals surface area contributed by atoms with Crippen molar-refractivity contribution < 1.29 is 9.32 Å². The summed E-state index contributed by atoms with van der Waals surface area (Å²) in [5.41, 5.74) is 6.03. The van der Waals surface area contributed by atoms with Crippen molar-refractivity contribution >= 4 is 18.3 Å². The first-order valence-electron chi connectivity index (χ1n) is 5.51. The van der Waals surface area contributed by atoms with Gasteiger partial charge in [0.15, 0.2) is 5.69 Å². The Labute approximate surface area is 108 Å². The van der Waals surface area contributed by atoms with E-state index in [1.54, 1.807) is 13.0 Å². The topological polar surface area (TPSA) is 81.1 Å². The van der Waals surface area contributed by atoms with Crippen molar-refractivity contribution in [1.29, 1.82) is 0 Å². The number of amides is 1. The van der Waals surface area contributed by atoms with E-state index in [-0.39, 0.29) is 23.9 Å². The number of nitrogens with zero attached hydrogens (tertiary/aromatic N) is 1. The van der Waals surface area contributed by atoms with Crippen LogP contribution in [0.4, 0.5) is 0 Å². The van der Waals surface area contributed by atoms with Crippen LogP contribution in [-0.4, -0.2) is 23.1 Å². The summed E-state index contributed by atoms with van der Waals surface area (Å²) >= 11 is 0. The smallest absolute Gasteiger partial charge is 0.273 e. The van der Waals surface area contributed by atoms with Gasteiger partial charge >= 0.3 is 0 Å². The second-order valence-electron chi connectivity index (χ2n) is 4.07. The molecule has 0 aliphatic rings. The Morgan fingerprint density at radius 1 is 1.53 bits per heavy atom. The Morgan fingerprint density at radius 2 is 2.12 bits per heavy atom. The molecule has 0 saturated carbocycles. The second kappa shape index (κ2) is 6.61. The molecule has 6 heteroatoms. The first-order valence-corrected chi connectivity index (χ1v) is 5.51. The molecule has 1 heterocycles. The number of rotatable bonds is 5. The number of halogens is 1. The second-order valence-corrected chi connectivity index (χ2v) is 4.07. The molecule has 0 unspecified atom stereocenters. The maximum absolute atomic E-state index is 11.6. The minimum absolute atomic E-state index is 0. The van der Waals surface area contributed by atoms with E-state index in [0.717, 1.165) is 12.8 Å². The third kappa shape index (κ3) is 4.36. The van der Waals surface area contributed by atoms with Gasteiger partial charge in [-0.1, -0.05) is 19.0 Å². The van der Waals surface area contributed by atoms with Crippen molar-refractivity contribution in [3.63, 3.8) is 0 Å². The number of nitrogens with one attached hydrogen (secondary N) is 1. The molecule has 0 saturated heterocycles. The van der Waals surface area contributed by atoms with Crippen molar-refractivity contribution in [3.05, 3.63) is 17.5 Å². The standard InChI is InChI=1S/C11H19N3O2.ClH/c1-4-11(12,5-2)7-13-10(15)9-6-8(3)16-14-9;/h6H,4-5,7,12H2,1-3H3,(H,13,15);1H. The molecule has 1 aromatic heterocycles. The molecule has 98 valence electrons. The summed E-state index contributed by atoms with van der Waals surface area (Å²) in [6, 6.07) is 1.60. The number of nitrogens with two attached hydrogens (primary N) is 1. The van der Waals surface area contributed by atoms with Crippen molar-refractivity contribution in [2.45, 2.75) is 39.2 Å². The van der Waals surface area contributed by atoms with Gasteiger partial charge in [-0.25, -0.2) is 0 Å². The lowest BCUT2D eigenvalue weighted by atomic mass is 9.94. The first-order chi connectivity index (χ1) is 7.50. The normalized spacial score (nSPS) is 10.8. The summed E-state index contributed by atoms with van der Waals surface area (Å²) in [6.45, 7) is 6.21. The summed E-state index contributed by atoms with van der Waals surface area (Å²) < 4.78 is 4.83. The highest BCUT2D eigenvalue weighted by Gasteiger charge is 2.22. The zero-order chi connectivity index (χ0) is 12.2. The Balaban J connectivity index is 0.00000256. The van der Waals surface area contributed by atoms with Gasteiger partial charge in [-0.3, -0.25) is 4.79 Å². The molecule has 0 bridgehead atoms. The highest BCUT2D eigenvalue weighted by atomic mass is 35.5. The third-order valence-electron chi connectivity index (χ3n) is 2.87. The molecule has 1 amide bonds. The van der Waals surface area contributed by atoms with E-state index in [1.165, 1.54) is 0 Å². The van der Waals surface area contributed by atoms with E-state index < -0.39 is 0 Å². The first kappa shape index (κ1) is 15.9. The van der Waals surface area contributed by atoms with Crippen molar-refractivity contribution in [1.82, 2.24) is 10.5 Å². The molecule has 1 rings (SSSR count). The monoisotopic (exact) mass is 261 g/mol. The quantitative estimate of drug-likeness (QED) is 0.845. The largest absolute Gasteiger partial charge is 0.361 e. The van der Waals surface area contributed by atoms with Crippen LogP contribution in [0.5, 0.6) is 0 Å². The van der Waals surface area contributed by atoms with Crippen molar-refractivity contribution in [3.8, 4) is 0 Å². The Bertz CT molecular complexity index is 361. The van der Waals surface area contributed by atoms with Gasteiger partial charge in [-0.2, -0.15) is 0 Å². The molecule has 5 nitrogen and oxygen atoms in total. The highest BCUT2D eigenvalue weighted by molar-refractivity contribution is 5.92. The maximum atomic E-state index is 11.6. The van der Waals surface area contributed by atoms with Gasteiger partial charge in [0.25, 0.3) is 5.91 Å². The molecule has 3 N–H and O–H groups in total. The van der Waals surface area contributed by atoms with Crippen LogP contribution in [0.25, 0.3) is 0 Å². The minimum atomic E-state index is -0.339. The van der Waals surface area contributed by atoms with Crippen LogP contribution < -0.4 is 11.1 Å². The van der Waals surface area contributed by atoms with Crippen molar-refractivity contribution in [2.24, 2.45) is 5.73 Å². The molecular formula is C11H20ClN3O2. The van der Waals surface area contributed by atoms with Gasteiger partial charge in [0.05, 0.1) is 0 Å². The Morgan fingerprint density at radius 3 is 2.53 bits per heavy atom. The molecule has 17 heavy (non-hydrogen) atoms. The molecule has 0 aliphatic carbocycles. The van der Waals surface area contributed by atoms with E-state index in [2.05, 4.69) is 10.5 Å². The van der Waals surface area contributed by atoms with Crippen LogP contribution in [-0.2, 0) is 0 Å². The van der Waals surface area contributed by atoms with Gasteiger partial charge in [-0.15, -0.1) is 12.4 Å². The fraction of sp³-hybridized carbons (Fsp3) is 0.636. The molecule has 0 radical (unpaired) electrons. The summed E-state index contributed by atoms with van der Waals surface area (Å²) in [6.07, 6.45) is 1.64. The van der Waals surface area contributed by atoms with E-state index in [4.69, 9.17) is 10.3 Å². The van der Waals surface area contributed by atoms with E-state index in [9.17, 15) is 4.79 Å². The predicted octanol–water partition coefficient (Wildman–Crippen LogP) is 1.65. The fourth-order valence-electron chi connectivity index (χ4n) is 1.32. The van der Waals surface area contributed by atoms with Crippen molar-refractivity contribution in [2.75, 3.05) is 6.54 Å². The fourth-order valence-corrected chi connectivity index (χ4v) is 1.32. The lowest BCUT2D eigenvalue weighted by Crippen LogP contribution is -2.49. The number of hydrogen-bond donors (Lipinski definition) is 2. The van der Waals surface area contributed by atoms with Crippen LogP contribution in [0.15, 0.2) is 10.6 Å². The van der Waals surface area contributed by atoms with Crippen LogP contribution >= 0.6 is 12.4 Å². The summed E-state index contributed by atoms with van der Waals surface area (Å²) in [4.78, 5) is 11.6. The van der Waals surface area contributed by atoms with Gasteiger partial charge in [0.2, 0.25) is 0 Å². The van der Waals surface area contributed by atoms with Crippen LogP contribution in [0.1, 0.15) is 42.9 Å². The number of aryl methyl sites for hydroxylation is 1. The van der Waals surface area contributed by atoms with Crippen LogP contribution in [0.2, 0.25) is 0 Å². The molecule has 0 fully saturated rings. The minimum Gasteiger partial charge on any atom is -0.361 e. The molecule has 1 aromatic rings. The maximum Gasteiger partial charge on any atom is 0.273 e. The number of carbonyl (C=O) groups is 1. The number of hydrogen-bond acceptors (Lipinski definition) is 4. The lowest BCUT2D eigenvalue weighted by molar-refractivity contribution is 0.0933. The summed E-state index contributed by atoms with van der Waals surface area (Å²) in [5, 5.41) is 6.41. The molecular weight excluding hydrogens is 242 g/mol. The lowest BCUT2D eigenvalue weighted by Gasteiger charge is -2.26. The average Bonchev–Trinajstić information content (AvgIpc) is 2.72. The predicted molar refractivity (Wildman–Crippen MR) is 68.3 cm³/mol.